The van der Waals surface area contributed by atoms with Crippen molar-refractivity contribution in [3.63, 3.8) is 0 Å². The fourth-order valence-corrected chi connectivity index (χ4v) is 3.54. The van der Waals surface area contributed by atoms with E-state index in [4.69, 9.17) is 5.73 Å². The summed E-state index contributed by atoms with van der Waals surface area (Å²) in [5.41, 5.74) is 4.42. The molecule has 3 rings (SSSR count). The van der Waals surface area contributed by atoms with E-state index in [1.807, 2.05) is 6.42 Å². The van der Waals surface area contributed by atoms with Gasteiger partial charge in [0.2, 0.25) is 11.8 Å². The number of anilines is 1. The molecule has 22 heavy (non-hydrogen) atoms. The Bertz CT molecular complexity index is 597. The Morgan fingerprint density at radius 2 is 2.00 bits per heavy atom. The van der Waals surface area contributed by atoms with Gasteiger partial charge in [-0.1, -0.05) is 12.8 Å². The highest BCUT2D eigenvalue weighted by Gasteiger charge is 2.62. The molecular weight excluding hydrogens is 290 g/mol. The molecule has 4 nitrogen and oxygen atoms in total. The van der Waals surface area contributed by atoms with E-state index in [0.717, 1.165) is 11.3 Å². The van der Waals surface area contributed by atoms with Crippen molar-refractivity contribution in [2.45, 2.75) is 37.9 Å². The second-order valence-electron chi connectivity index (χ2n) is 5.94. The Labute approximate surface area is 127 Å². The van der Waals surface area contributed by atoms with Crippen molar-refractivity contribution in [3.05, 3.63) is 36.5 Å². The summed E-state index contributed by atoms with van der Waals surface area (Å²) in [5, 5.41) is 0. The largest absolute Gasteiger partial charge is 0.368 e. The van der Waals surface area contributed by atoms with Gasteiger partial charge in [-0.2, -0.15) is 0 Å². The lowest BCUT2D eigenvalue weighted by molar-refractivity contribution is -0.128. The molecule has 1 aromatic carbocycles. The number of halogens is 2. The van der Waals surface area contributed by atoms with Gasteiger partial charge in [-0.15, -0.1) is 0 Å². The van der Waals surface area contributed by atoms with Crippen molar-refractivity contribution in [1.29, 1.82) is 0 Å². The summed E-state index contributed by atoms with van der Waals surface area (Å²) in [5.74, 6) is -1.79. The Morgan fingerprint density at radius 3 is 2.55 bits per heavy atom. The fraction of sp³-hybridized carbons (Fsp3) is 0.438. The molecule has 1 aliphatic heterocycles. The van der Waals surface area contributed by atoms with Crippen LogP contribution in [0.2, 0.25) is 0 Å². The molecular formula is C16H17F2N2O2. The van der Waals surface area contributed by atoms with E-state index in [1.54, 1.807) is 0 Å². The van der Waals surface area contributed by atoms with Gasteiger partial charge in [-0.25, -0.2) is 8.78 Å². The van der Waals surface area contributed by atoms with Crippen LogP contribution in [0, 0.1) is 17.7 Å². The number of carbonyl (C=O) groups is 2. The predicted octanol–water partition coefficient (Wildman–Crippen LogP) is 2.13. The average molecular weight is 307 g/mol. The third-order valence-corrected chi connectivity index (χ3v) is 4.66. The van der Waals surface area contributed by atoms with Gasteiger partial charge in [-0.3, -0.25) is 14.5 Å². The molecule has 2 amide bonds. The Balaban J connectivity index is 2.05. The molecule has 3 unspecified atom stereocenters. The molecule has 1 radical (unpaired) electrons. The van der Waals surface area contributed by atoms with Gasteiger partial charge in [0.05, 0.1) is 5.41 Å². The average Bonchev–Trinajstić information content (AvgIpc) is 2.71. The molecule has 0 bridgehead atoms. The first-order valence-electron chi connectivity index (χ1n) is 7.32. The van der Waals surface area contributed by atoms with E-state index >= 15 is 0 Å². The highest BCUT2D eigenvalue weighted by Crippen LogP contribution is 2.49. The number of benzene rings is 1. The second-order valence-corrected chi connectivity index (χ2v) is 5.94. The fourth-order valence-electron chi connectivity index (χ4n) is 3.54. The molecule has 3 atom stereocenters. The SMILES string of the molecule is NC(=O)C1C(F)C2(C[CH]CCC2)C(=O)N1c1ccc(F)cc1. The minimum absolute atomic E-state index is 0.292. The topological polar surface area (TPSA) is 63.4 Å². The van der Waals surface area contributed by atoms with Crippen LogP contribution in [0.25, 0.3) is 0 Å². The van der Waals surface area contributed by atoms with E-state index in [-0.39, 0.29) is 0 Å². The van der Waals surface area contributed by atoms with Crippen LogP contribution in [0.4, 0.5) is 14.5 Å². The summed E-state index contributed by atoms with van der Waals surface area (Å²) >= 11 is 0. The number of nitrogens with zero attached hydrogens (tertiary/aromatic N) is 1. The van der Waals surface area contributed by atoms with Crippen molar-refractivity contribution < 1.29 is 18.4 Å². The molecule has 2 aliphatic rings. The molecule has 1 heterocycles. The van der Waals surface area contributed by atoms with Crippen molar-refractivity contribution in [2.24, 2.45) is 11.1 Å². The maximum Gasteiger partial charge on any atom is 0.243 e. The lowest BCUT2D eigenvalue weighted by Gasteiger charge is -2.32. The maximum absolute atomic E-state index is 15.0. The van der Waals surface area contributed by atoms with E-state index in [1.165, 1.54) is 24.3 Å². The highest BCUT2D eigenvalue weighted by molar-refractivity contribution is 6.08. The number of rotatable bonds is 2. The third kappa shape index (κ3) is 2.09. The van der Waals surface area contributed by atoms with Crippen LogP contribution in [0.1, 0.15) is 25.7 Å². The van der Waals surface area contributed by atoms with Gasteiger partial charge in [0.25, 0.3) is 0 Å². The van der Waals surface area contributed by atoms with Crippen LogP contribution in [0.15, 0.2) is 24.3 Å². The molecule has 117 valence electrons. The number of primary amides is 1. The predicted molar refractivity (Wildman–Crippen MR) is 77.0 cm³/mol. The number of hydrogen-bond donors (Lipinski definition) is 1. The van der Waals surface area contributed by atoms with Crippen LogP contribution < -0.4 is 10.6 Å². The van der Waals surface area contributed by atoms with E-state index in [9.17, 15) is 18.4 Å². The first-order chi connectivity index (χ1) is 10.5. The first-order valence-corrected chi connectivity index (χ1v) is 7.32. The van der Waals surface area contributed by atoms with Crippen molar-refractivity contribution in [2.75, 3.05) is 4.90 Å². The number of amides is 2. The lowest BCUT2D eigenvalue weighted by Crippen LogP contribution is -2.46. The Hall–Kier alpha value is -1.98. The minimum atomic E-state index is -1.65. The van der Waals surface area contributed by atoms with Crippen LogP contribution in [-0.4, -0.2) is 24.0 Å². The summed E-state index contributed by atoms with van der Waals surface area (Å²) in [7, 11) is 0. The van der Waals surface area contributed by atoms with Crippen molar-refractivity contribution in [3.8, 4) is 0 Å². The Morgan fingerprint density at radius 1 is 1.32 bits per heavy atom. The second kappa shape index (κ2) is 5.34. The minimum Gasteiger partial charge on any atom is -0.368 e. The van der Waals surface area contributed by atoms with Crippen LogP contribution >= 0.6 is 0 Å². The van der Waals surface area contributed by atoms with Crippen molar-refractivity contribution >= 4 is 17.5 Å². The third-order valence-electron chi connectivity index (χ3n) is 4.66. The summed E-state index contributed by atoms with van der Waals surface area (Å²) in [6.07, 6.45) is 2.47. The van der Waals surface area contributed by atoms with Crippen molar-refractivity contribution in [1.82, 2.24) is 0 Å². The number of alkyl halides is 1. The maximum atomic E-state index is 15.0. The molecule has 1 saturated heterocycles. The van der Waals surface area contributed by atoms with Crippen LogP contribution in [0.5, 0.6) is 0 Å². The van der Waals surface area contributed by atoms with Gasteiger partial charge < -0.3 is 5.73 Å². The van der Waals surface area contributed by atoms with Gasteiger partial charge in [-0.05, 0) is 43.5 Å². The highest BCUT2D eigenvalue weighted by atomic mass is 19.1. The molecule has 0 aromatic heterocycles. The monoisotopic (exact) mass is 307 g/mol. The molecule has 1 aromatic rings. The number of hydrogen-bond acceptors (Lipinski definition) is 2. The lowest BCUT2D eigenvalue weighted by atomic mass is 9.71. The summed E-state index contributed by atoms with van der Waals surface area (Å²) < 4.78 is 28.1. The van der Waals surface area contributed by atoms with Crippen LogP contribution in [-0.2, 0) is 9.59 Å². The van der Waals surface area contributed by atoms with Gasteiger partial charge in [0.15, 0.2) is 0 Å². The Kier molecular flexibility index (Phi) is 3.62. The zero-order valence-electron chi connectivity index (χ0n) is 12.0. The molecule has 1 saturated carbocycles. The molecule has 1 spiro atoms. The molecule has 1 aliphatic carbocycles. The zero-order valence-corrected chi connectivity index (χ0v) is 12.0. The summed E-state index contributed by atoms with van der Waals surface area (Å²) in [6.45, 7) is 0. The first kappa shape index (κ1) is 14.9. The smallest absolute Gasteiger partial charge is 0.243 e. The van der Waals surface area contributed by atoms with E-state index in [0.29, 0.717) is 24.9 Å². The van der Waals surface area contributed by atoms with Gasteiger partial charge >= 0.3 is 0 Å². The van der Waals surface area contributed by atoms with Gasteiger partial charge in [0, 0.05) is 5.69 Å². The van der Waals surface area contributed by atoms with Crippen LogP contribution in [0.3, 0.4) is 0 Å². The summed E-state index contributed by atoms with van der Waals surface area (Å²) in [4.78, 5) is 25.7. The number of nitrogens with two attached hydrogens (primary N) is 1. The molecule has 2 N–H and O–H groups in total. The van der Waals surface area contributed by atoms with Gasteiger partial charge in [0.1, 0.15) is 18.0 Å². The molecule has 6 heteroatoms. The summed E-state index contributed by atoms with van der Waals surface area (Å²) in [6, 6.07) is 3.73. The zero-order chi connectivity index (χ0) is 15.9. The standard InChI is InChI=1S/C16H17F2N2O2/c17-10-4-6-11(7-5-10)20-12(14(19)21)13(18)16(15(20)22)8-2-1-3-9-16/h2,4-7,12-13H,1,3,8-9H2,(H2,19,21). The molecule has 2 fully saturated rings. The normalized spacial score (nSPS) is 27.4. The number of carbonyl (C=O) groups excluding carboxylic acids is 2. The van der Waals surface area contributed by atoms with E-state index in [2.05, 4.69) is 0 Å². The van der Waals surface area contributed by atoms with E-state index < -0.39 is 35.3 Å². The quantitative estimate of drug-likeness (QED) is 0.909.